The molecule has 1 aromatic heterocycles. The van der Waals surface area contributed by atoms with Gasteiger partial charge in [-0.1, -0.05) is 48.0 Å². The number of carbonyl (C=O) groups excluding carboxylic acids is 1. The first kappa shape index (κ1) is 22.6. The quantitative estimate of drug-likeness (QED) is 0.332. The lowest BCUT2D eigenvalue weighted by atomic mass is 10.1. The van der Waals surface area contributed by atoms with Gasteiger partial charge in [0.05, 0.1) is 23.7 Å². The molecule has 0 amide bonds. The van der Waals surface area contributed by atoms with Gasteiger partial charge in [-0.2, -0.15) is 0 Å². The second-order valence-corrected chi connectivity index (χ2v) is 9.63. The highest BCUT2D eigenvalue weighted by Gasteiger charge is 2.27. The molecule has 0 saturated carbocycles. The van der Waals surface area contributed by atoms with Crippen molar-refractivity contribution >= 4 is 32.6 Å². The van der Waals surface area contributed by atoms with Gasteiger partial charge in [-0.25, -0.2) is 13.2 Å². The monoisotopic (exact) mass is 463 g/mol. The van der Waals surface area contributed by atoms with Crippen molar-refractivity contribution in [3.05, 3.63) is 95.2 Å². The first-order chi connectivity index (χ1) is 15.8. The maximum absolute atomic E-state index is 13.7. The predicted molar refractivity (Wildman–Crippen MR) is 128 cm³/mol. The minimum atomic E-state index is -3.86. The molecule has 33 heavy (non-hydrogen) atoms. The van der Waals surface area contributed by atoms with E-state index < -0.39 is 16.0 Å². The van der Waals surface area contributed by atoms with Gasteiger partial charge in [0.25, 0.3) is 10.0 Å². The van der Waals surface area contributed by atoms with Crippen LogP contribution in [-0.4, -0.2) is 21.0 Å². The van der Waals surface area contributed by atoms with Gasteiger partial charge in [0.1, 0.15) is 5.58 Å². The van der Waals surface area contributed by atoms with E-state index in [-0.39, 0.29) is 23.8 Å². The van der Waals surface area contributed by atoms with Crippen LogP contribution in [0, 0.1) is 13.8 Å². The van der Waals surface area contributed by atoms with Crippen LogP contribution in [0.5, 0.6) is 0 Å². The molecule has 6 nitrogen and oxygen atoms in total. The number of hydrogen-bond acceptors (Lipinski definition) is 5. The molecule has 3 aromatic carbocycles. The van der Waals surface area contributed by atoms with Gasteiger partial charge >= 0.3 is 5.97 Å². The summed E-state index contributed by atoms with van der Waals surface area (Å²) < 4.78 is 39.6. The average molecular weight is 464 g/mol. The Morgan fingerprint density at radius 2 is 1.67 bits per heavy atom. The fourth-order valence-corrected chi connectivity index (χ4v) is 5.10. The number of benzene rings is 3. The van der Waals surface area contributed by atoms with Gasteiger partial charge in [-0.05, 0) is 56.7 Å². The van der Waals surface area contributed by atoms with Crippen molar-refractivity contribution in [3.8, 4) is 0 Å². The third-order valence-corrected chi connectivity index (χ3v) is 7.23. The summed E-state index contributed by atoms with van der Waals surface area (Å²) in [7, 11) is -3.86. The summed E-state index contributed by atoms with van der Waals surface area (Å²) in [5.74, 6) is -0.416. The summed E-state index contributed by atoms with van der Waals surface area (Å²) in [6.45, 7) is 5.79. The predicted octanol–water partition coefficient (Wildman–Crippen LogP) is 5.62. The molecule has 0 atom stereocenters. The zero-order chi connectivity index (χ0) is 23.6. The van der Waals surface area contributed by atoms with Gasteiger partial charge in [-0.3, -0.25) is 4.31 Å². The number of sulfonamides is 1. The van der Waals surface area contributed by atoms with Crippen molar-refractivity contribution in [2.24, 2.45) is 0 Å². The van der Waals surface area contributed by atoms with E-state index >= 15 is 0 Å². The molecule has 4 aromatic rings. The highest BCUT2D eigenvalue weighted by Crippen LogP contribution is 2.33. The van der Waals surface area contributed by atoms with Gasteiger partial charge in [0.15, 0.2) is 0 Å². The Balaban J connectivity index is 1.83. The van der Waals surface area contributed by atoms with Crippen LogP contribution in [0.2, 0.25) is 0 Å². The maximum Gasteiger partial charge on any atom is 0.374 e. The zero-order valence-corrected chi connectivity index (χ0v) is 19.6. The molecular formula is C26H25NO5S. The Morgan fingerprint density at radius 1 is 0.970 bits per heavy atom. The number of anilines is 1. The number of furan rings is 1. The van der Waals surface area contributed by atoms with Gasteiger partial charge < -0.3 is 9.15 Å². The van der Waals surface area contributed by atoms with Gasteiger partial charge in [-0.15, -0.1) is 0 Å². The number of carbonyl (C=O) groups is 1. The topological polar surface area (TPSA) is 76.8 Å². The van der Waals surface area contributed by atoms with E-state index in [0.717, 1.165) is 11.1 Å². The van der Waals surface area contributed by atoms with Crippen LogP contribution < -0.4 is 4.31 Å². The van der Waals surface area contributed by atoms with E-state index in [0.29, 0.717) is 22.2 Å². The van der Waals surface area contributed by atoms with E-state index in [1.807, 2.05) is 37.3 Å². The number of aryl methyl sites for hydroxylation is 2. The van der Waals surface area contributed by atoms with E-state index in [9.17, 15) is 13.2 Å². The van der Waals surface area contributed by atoms with Crippen LogP contribution in [0.25, 0.3) is 11.0 Å². The third-order valence-electron chi connectivity index (χ3n) is 5.45. The fourth-order valence-electron chi connectivity index (χ4n) is 3.66. The van der Waals surface area contributed by atoms with Crippen LogP contribution in [0.3, 0.4) is 0 Å². The standard InChI is InChI=1S/C26H25NO5S/c1-4-31-26(28)25-19(3)23-16-21(12-15-24(23)32-25)27(17-20-8-6-5-7-9-20)33(29,30)22-13-10-18(2)11-14-22/h5-16H,4,17H2,1-3H3. The number of fused-ring (bicyclic) bond motifs is 1. The Hall–Kier alpha value is -3.58. The first-order valence-electron chi connectivity index (χ1n) is 10.6. The van der Waals surface area contributed by atoms with Crippen molar-refractivity contribution in [3.63, 3.8) is 0 Å². The smallest absolute Gasteiger partial charge is 0.374 e. The summed E-state index contributed by atoms with van der Waals surface area (Å²) in [5.41, 5.74) is 3.41. The second kappa shape index (κ2) is 9.11. The SMILES string of the molecule is CCOC(=O)c1oc2ccc(N(Cc3ccccc3)S(=O)(=O)c3ccc(C)cc3)cc2c1C. The van der Waals surface area contributed by atoms with Crippen LogP contribution in [0.15, 0.2) is 82.1 Å². The van der Waals surface area contributed by atoms with Crippen molar-refractivity contribution < 1.29 is 22.4 Å². The molecule has 7 heteroatoms. The highest BCUT2D eigenvalue weighted by atomic mass is 32.2. The van der Waals surface area contributed by atoms with Crippen molar-refractivity contribution in [1.29, 1.82) is 0 Å². The molecule has 170 valence electrons. The zero-order valence-electron chi connectivity index (χ0n) is 18.7. The maximum atomic E-state index is 13.7. The Kier molecular flexibility index (Phi) is 6.24. The first-order valence-corrected chi connectivity index (χ1v) is 12.1. The minimum Gasteiger partial charge on any atom is -0.460 e. The molecule has 0 aliphatic carbocycles. The summed E-state index contributed by atoms with van der Waals surface area (Å²) in [6.07, 6.45) is 0. The number of nitrogens with zero attached hydrogens (tertiary/aromatic N) is 1. The van der Waals surface area contributed by atoms with E-state index in [1.165, 1.54) is 4.31 Å². The molecule has 0 aliphatic heterocycles. The van der Waals surface area contributed by atoms with E-state index in [4.69, 9.17) is 9.15 Å². The summed E-state index contributed by atoms with van der Waals surface area (Å²) in [6, 6.07) is 21.3. The van der Waals surface area contributed by atoms with Gasteiger partial charge in [0.2, 0.25) is 5.76 Å². The Bertz CT molecular complexity index is 1390. The van der Waals surface area contributed by atoms with Crippen molar-refractivity contribution in [2.75, 3.05) is 10.9 Å². The molecule has 0 N–H and O–H groups in total. The van der Waals surface area contributed by atoms with Crippen molar-refractivity contribution in [2.45, 2.75) is 32.2 Å². The molecular weight excluding hydrogens is 438 g/mol. The lowest BCUT2D eigenvalue weighted by molar-refractivity contribution is 0.0491. The number of rotatable bonds is 7. The molecule has 0 radical (unpaired) electrons. The molecule has 0 bridgehead atoms. The highest BCUT2D eigenvalue weighted by molar-refractivity contribution is 7.92. The van der Waals surface area contributed by atoms with Crippen LogP contribution >= 0.6 is 0 Å². The van der Waals surface area contributed by atoms with E-state index in [1.54, 1.807) is 56.3 Å². The Morgan fingerprint density at radius 3 is 2.33 bits per heavy atom. The number of esters is 1. The number of ether oxygens (including phenoxy) is 1. The van der Waals surface area contributed by atoms with E-state index in [2.05, 4.69) is 0 Å². The average Bonchev–Trinajstić information content (AvgIpc) is 3.14. The number of hydrogen-bond donors (Lipinski definition) is 0. The van der Waals surface area contributed by atoms with Crippen LogP contribution in [-0.2, 0) is 21.3 Å². The minimum absolute atomic E-state index is 0.125. The molecule has 0 unspecified atom stereocenters. The van der Waals surface area contributed by atoms with Crippen molar-refractivity contribution in [1.82, 2.24) is 0 Å². The second-order valence-electron chi connectivity index (χ2n) is 7.77. The molecule has 0 saturated heterocycles. The van der Waals surface area contributed by atoms with Gasteiger partial charge in [0, 0.05) is 10.9 Å². The van der Waals surface area contributed by atoms with Crippen LogP contribution in [0.4, 0.5) is 5.69 Å². The molecule has 1 heterocycles. The summed E-state index contributed by atoms with van der Waals surface area (Å²) >= 11 is 0. The molecule has 0 spiro atoms. The molecule has 0 aliphatic rings. The fraction of sp³-hybridized carbons (Fsp3) is 0.192. The molecule has 4 rings (SSSR count). The normalized spacial score (nSPS) is 11.5. The van der Waals surface area contributed by atoms with Crippen LogP contribution in [0.1, 0.15) is 34.2 Å². The summed E-state index contributed by atoms with van der Waals surface area (Å²) in [4.78, 5) is 12.5. The lowest BCUT2D eigenvalue weighted by Gasteiger charge is -2.25. The third kappa shape index (κ3) is 4.50. The molecule has 0 fully saturated rings. The Labute approximate surface area is 193 Å². The summed E-state index contributed by atoms with van der Waals surface area (Å²) in [5, 5.41) is 0.660. The lowest BCUT2D eigenvalue weighted by Crippen LogP contribution is -2.30. The largest absolute Gasteiger partial charge is 0.460 e.